The van der Waals surface area contributed by atoms with Crippen LogP contribution in [0, 0.1) is 46.3 Å². The molecule has 0 aromatic heterocycles. The summed E-state index contributed by atoms with van der Waals surface area (Å²) in [5, 5.41) is 42.0. The number of carbonyl (C=O) groups is 1. The third kappa shape index (κ3) is 3.27. The van der Waals surface area contributed by atoms with Gasteiger partial charge >= 0.3 is 5.97 Å². The van der Waals surface area contributed by atoms with Crippen LogP contribution in [-0.2, 0) is 4.79 Å². The molecule has 4 aliphatic rings. The van der Waals surface area contributed by atoms with E-state index in [1.165, 1.54) is 0 Å². The van der Waals surface area contributed by atoms with Crippen LogP contribution in [0.4, 0.5) is 0 Å². The minimum absolute atomic E-state index is 0.0957. The lowest BCUT2D eigenvalue weighted by atomic mass is 9.43. The van der Waals surface area contributed by atoms with Gasteiger partial charge in [0.1, 0.15) is 0 Å². The summed E-state index contributed by atoms with van der Waals surface area (Å²) in [5.41, 5.74) is -0.143. The third-order valence-corrected chi connectivity index (χ3v) is 10.3. The minimum atomic E-state index is -0.748. The fourth-order valence-corrected chi connectivity index (χ4v) is 8.68. The van der Waals surface area contributed by atoms with Gasteiger partial charge in [0.05, 0.1) is 18.3 Å². The molecule has 11 atom stereocenters. The van der Waals surface area contributed by atoms with E-state index < -0.39 is 12.1 Å². The molecule has 4 rings (SSSR count). The topological polar surface area (TPSA) is 98.0 Å². The standard InChI is InChI=1S/C24H40O5/c1-13(4-7-21(28)29)16-5-6-17-22-18(12-20(27)24(16,17)3)23(2)9-8-15(25)10-14(23)11-19(22)26/h13-20,22,25-27H,4-12H2,1-3H3,(H,28,29)/t13?,14-,15+,16?,17?,18?,19+,20-,22?,23?,24?/m1/s1. The Morgan fingerprint density at radius 1 is 1.03 bits per heavy atom. The third-order valence-electron chi connectivity index (χ3n) is 10.3. The molecule has 29 heavy (non-hydrogen) atoms. The van der Waals surface area contributed by atoms with Gasteiger partial charge in [0.15, 0.2) is 0 Å². The molecule has 0 aromatic carbocycles. The zero-order valence-electron chi connectivity index (χ0n) is 18.3. The second kappa shape index (κ2) is 7.49. The van der Waals surface area contributed by atoms with Crippen LogP contribution < -0.4 is 0 Å². The van der Waals surface area contributed by atoms with Crippen molar-refractivity contribution in [2.45, 2.75) is 96.9 Å². The molecule has 4 saturated carbocycles. The molecular formula is C24H40O5. The lowest BCUT2D eigenvalue weighted by Gasteiger charge is -2.63. The summed E-state index contributed by atoms with van der Waals surface area (Å²) >= 11 is 0. The van der Waals surface area contributed by atoms with E-state index in [1.807, 2.05) is 0 Å². The van der Waals surface area contributed by atoms with Crippen LogP contribution in [0.25, 0.3) is 0 Å². The SMILES string of the molecule is CC(CCC(=O)O)C1CCC2C3C(C[C@@H](O)C12C)C1(C)CC[C@H](O)C[C@@H]1C[C@@H]3O. The van der Waals surface area contributed by atoms with Crippen molar-refractivity contribution in [1.82, 2.24) is 0 Å². The van der Waals surface area contributed by atoms with Gasteiger partial charge in [0.2, 0.25) is 0 Å². The zero-order valence-corrected chi connectivity index (χ0v) is 18.3. The lowest BCUT2D eigenvalue weighted by Crippen LogP contribution is -2.62. The first-order valence-corrected chi connectivity index (χ1v) is 11.8. The van der Waals surface area contributed by atoms with Crippen molar-refractivity contribution in [3.05, 3.63) is 0 Å². The summed E-state index contributed by atoms with van der Waals surface area (Å²) in [6.07, 6.45) is 6.00. The summed E-state index contributed by atoms with van der Waals surface area (Å²) < 4.78 is 0. The number of carboxylic acid groups (broad SMARTS) is 1. The average molecular weight is 409 g/mol. The molecule has 5 heteroatoms. The van der Waals surface area contributed by atoms with E-state index in [4.69, 9.17) is 5.11 Å². The molecule has 4 N–H and O–H groups in total. The molecule has 5 nitrogen and oxygen atoms in total. The number of hydrogen-bond donors (Lipinski definition) is 4. The fourth-order valence-electron chi connectivity index (χ4n) is 8.68. The predicted molar refractivity (Wildman–Crippen MR) is 110 cm³/mol. The number of carboxylic acids is 1. The lowest BCUT2D eigenvalue weighted by molar-refractivity contribution is -0.207. The van der Waals surface area contributed by atoms with Gasteiger partial charge in [-0.1, -0.05) is 20.8 Å². The van der Waals surface area contributed by atoms with Crippen LogP contribution in [0.15, 0.2) is 0 Å². The fraction of sp³-hybridized carbons (Fsp3) is 0.958. The highest BCUT2D eigenvalue weighted by Crippen LogP contribution is 2.68. The molecule has 4 fully saturated rings. The molecule has 4 aliphatic carbocycles. The molecule has 0 saturated heterocycles. The predicted octanol–water partition coefficient (Wildman–Crippen LogP) is 3.45. The number of aliphatic hydroxyl groups is 3. The number of aliphatic hydroxyl groups excluding tert-OH is 3. The van der Waals surface area contributed by atoms with Gasteiger partial charge in [-0.25, -0.2) is 0 Å². The Bertz CT molecular complexity index is 637. The molecular weight excluding hydrogens is 368 g/mol. The molecule has 0 radical (unpaired) electrons. The Hall–Kier alpha value is -0.650. The molecule has 166 valence electrons. The van der Waals surface area contributed by atoms with Gasteiger partial charge in [-0.3, -0.25) is 4.79 Å². The van der Waals surface area contributed by atoms with E-state index in [1.54, 1.807) is 0 Å². The van der Waals surface area contributed by atoms with Gasteiger partial charge in [0, 0.05) is 6.42 Å². The first kappa shape index (κ1) is 21.6. The highest BCUT2D eigenvalue weighted by atomic mass is 16.4. The summed E-state index contributed by atoms with van der Waals surface area (Å²) in [6, 6.07) is 0. The van der Waals surface area contributed by atoms with E-state index in [2.05, 4.69) is 20.8 Å². The molecule has 0 bridgehead atoms. The Morgan fingerprint density at radius 2 is 1.76 bits per heavy atom. The maximum atomic E-state index is 11.5. The van der Waals surface area contributed by atoms with Crippen molar-refractivity contribution >= 4 is 5.97 Å². The van der Waals surface area contributed by atoms with Gasteiger partial charge in [-0.15, -0.1) is 0 Å². The van der Waals surface area contributed by atoms with Gasteiger partial charge < -0.3 is 20.4 Å². The van der Waals surface area contributed by atoms with Crippen LogP contribution in [0.1, 0.15) is 78.6 Å². The first-order chi connectivity index (χ1) is 13.6. The molecule has 0 amide bonds. The number of aliphatic carboxylic acids is 1. The Labute approximate surface area is 174 Å². The first-order valence-electron chi connectivity index (χ1n) is 11.8. The summed E-state index contributed by atoms with van der Waals surface area (Å²) in [4.78, 5) is 11.1. The Balaban J connectivity index is 1.61. The van der Waals surface area contributed by atoms with Crippen molar-refractivity contribution in [3.8, 4) is 0 Å². The number of fused-ring (bicyclic) bond motifs is 5. The smallest absolute Gasteiger partial charge is 0.303 e. The summed E-state index contributed by atoms with van der Waals surface area (Å²) in [6.45, 7) is 6.72. The molecule has 0 heterocycles. The van der Waals surface area contributed by atoms with E-state index >= 15 is 0 Å². The monoisotopic (exact) mass is 408 g/mol. The average Bonchev–Trinajstić information content (AvgIpc) is 3.01. The van der Waals surface area contributed by atoms with Crippen LogP contribution in [0.2, 0.25) is 0 Å². The Morgan fingerprint density at radius 3 is 2.45 bits per heavy atom. The number of rotatable bonds is 4. The van der Waals surface area contributed by atoms with Crippen LogP contribution in [0.5, 0.6) is 0 Å². The van der Waals surface area contributed by atoms with Gasteiger partial charge in [-0.05, 0) is 97.7 Å². The molecule has 7 unspecified atom stereocenters. The molecule has 0 aliphatic heterocycles. The number of hydrogen-bond acceptors (Lipinski definition) is 4. The second-order valence-corrected chi connectivity index (χ2v) is 11.4. The Kier molecular flexibility index (Phi) is 5.57. The molecule has 0 aromatic rings. The highest BCUT2D eigenvalue weighted by Gasteiger charge is 2.65. The van der Waals surface area contributed by atoms with E-state index in [-0.39, 0.29) is 41.3 Å². The second-order valence-electron chi connectivity index (χ2n) is 11.4. The van der Waals surface area contributed by atoms with E-state index in [9.17, 15) is 20.1 Å². The van der Waals surface area contributed by atoms with Crippen molar-refractivity contribution in [2.24, 2.45) is 46.3 Å². The minimum Gasteiger partial charge on any atom is -0.481 e. The van der Waals surface area contributed by atoms with Crippen molar-refractivity contribution in [1.29, 1.82) is 0 Å². The van der Waals surface area contributed by atoms with Crippen molar-refractivity contribution < 1.29 is 25.2 Å². The normalized spacial score (nSPS) is 52.9. The van der Waals surface area contributed by atoms with Crippen LogP contribution in [-0.4, -0.2) is 44.7 Å². The van der Waals surface area contributed by atoms with E-state index in [0.29, 0.717) is 30.1 Å². The van der Waals surface area contributed by atoms with Crippen molar-refractivity contribution in [3.63, 3.8) is 0 Å². The maximum Gasteiger partial charge on any atom is 0.303 e. The summed E-state index contributed by atoms with van der Waals surface area (Å²) in [7, 11) is 0. The highest BCUT2D eigenvalue weighted by molar-refractivity contribution is 5.66. The summed E-state index contributed by atoms with van der Waals surface area (Å²) in [5.74, 6) is 0.997. The molecule has 0 spiro atoms. The largest absolute Gasteiger partial charge is 0.481 e. The van der Waals surface area contributed by atoms with Crippen LogP contribution in [0.3, 0.4) is 0 Å². The quantitative estimate of drug-likeness (QED) is 0.571. The zero-order chi connectivity index (χ0) is 21.1. The maximum absolute atomic E-state index is 11.5. The van der Waals surface area contributed by atoms with Crippen molar-refractivity contribution in [2.75, 3.05) is 0 Å². The van der Waals surface area contributed by atoms with Crippen LogP contribution >= 0.6 is 0 Å². The van der Waals surface area contributed by atoms with Gasteiger partial charge in [-0.2, -0.15) is 0 Å². The van der Waals surface area contributed by atoms with Gasteiger partial charge in [0.25, 0.3) is 0 Å². The van der Waals surface area contributed by atoms with E-state index in [0.717, 1.165) is 44.9 Å².